The third-order valence-corrected chi connectivity index (χ3v) is 4.33. The predicted molar refractivity (Wildman–Crippen MR) is 95.9 cm³/mol. The van der Waals surface area contributed by atoms with Crippen molar-refractivity contribution >= 4 is 17.6 Å². The summed E-state index contributed by atoms with van der Waals surface area (Å²) in [6, 6.07) is 5.88. The third kappa shape index (κ3) is 5.70. The van der Waals surface area contributed by atoms with Crippen molar-refractivity contribution in [3.8, 4) is 0 Å². The first kappa shape index (κ1) is 19.2. The minimum absolute atomic E-state index is 0.0341. The second kappa shape index (κ2) is 9.36. The van der Waals surface area contributed by atoms with Crippen LogP contribution in [-0.2, 0) is 4.79 Å². The van der Waals surface area contributed by atoms with Gasteiger partial charge in [0, 0.05) is 25.7 Å². The molecule has 2 rings (SSSR count). The minimum atomic E-state index is -0.473. The number of carbonyl (C=O) groups is 2. The highest BCUT2D eigenvalue weighted by Gasteiger charge is 2.28. The Morgan fingerprint density at radius 1 is 1.36 bits per heavy atom. The normalized spacial score (nSPS) is 18.5. The minimum Gasteiger partial charge on any atom is -0.354 e. The molecule has 3 amide bonds. The van der Waals surface area contributed by atoms with Gasteiger partial charge in [-0.3, -0.25) is 4.79 Å². The van der Waals surface area contributed by atoms with Gasteiger partial charge in [-0.2, -0.15) is 0 Å². The summed E-state index contributed by atoms with van der Waals surface area (Å²) in [5.41, 5.74) is 0.151. The number of likely N-dealkylation sites (N-methyl/N-ethyl adjacent to an activating group) is 1. The maximum Gasteiger partial charge on any atom is 0.321 e. The lowest BCUT2D eigenvalue weighted by molar-refractivity contribution is -0.126. The van der Waals surface area contributed by atoms with Crippen molar-refractivity contribution in [3.05, 3.63) is 30.1 Å². The number of nitrogens with one attached hydrogen (secondary N) is 3. The number of para-hydroxylation sites is 1. The molecule has 1 unspecified atom stereocenters. The van der Waals surface area contributed by atoms with Crippen LogP contribution in [0.2, 0.25) is 0 Å². The number of carbonyl (C=O) groups excluding carboxylic acids is 2. The molecule has 0 spiro atoms. The average Bonchev–Trinajstić information content (AvgIpc) is 2.62. The summed E-state index contributed by atoms with van der Waals surface area (Å²) >= 11 is 0. The fraction of sp³-hybridized carbons (Fsp3) is 0.556. The Kier molecular flexibility index (Phi) is 7.18. The zero-order chi connectivity index (χ0) is 18.2. The van der Waals surface area contributed by atoms with E-state index in [4.69, 9.17) is 0 Å². The van der Waals surface area contributed by atoms with Gasteiger partial charge in [-0.25, -0.2) is 9.18 Å². The molecule has 1 aromatic rings. The predicted octanol–water partition coefficient (Wildman–Crippen LogP) is 2.18. The van der Waals surface area contributed by atoms with E-state index in [-0.39, 0.29) is 29.6 Å². The van der Waals surface area contributed by atoms with E-state index in [0.717, 1.165) is 19.4 Å². The number of hydrogen-bond donors (Lipinski definition) is 3. The van der Waals surface area contributed by atoms with Gasteiger partial charge in [-0.05, 0) is 38.4 Å². The average molecular weight is 350 g/mol. The van der Waals surface area contributed by atoms with Gasteiger partial charge in [0.2, 0.25) is 5.91 Å². The molecule has 1 aromatic carbocycles. The molecule has 1 heterocycles. The van der Waals surface area contributed by atoms with Crippen LogP contribution >= 0.6 is 0 Å². The van der Waals surface area contributed by atoms with Crippen LogP contribution in [0.15, 0.2) is 24.3 Å². The van der Waals surface area contributed by atoms with Gasteiger partial charge in [-0.1, -0.05) is 19.1 Å². The molecule has 0 saturated carbocycles. The molecule has 0 aromatic heterocycles. The highest BCUT2D eigenvalue weighted by Crippen LogP contribution is 2.19. The molecule has 138 valence electrons. The van der Waals surface area contributed by atoms with Crippen LogP contribution in [0, 0.1) is 11.7 Å². The number of anilines is 1. The van der Waals surface area contributed by atoms with Gasteiger partial charge in [0.05, 0.1) is 11.6 Å². The number of rotatable bonds is 6. The van der Waals surface area contributed by atoms with E-state index >= 15 is 0 Å². The van der Waals surface area contributed by atoms with Crippen LogP contribution in [-0.4, -0.2) is 49.1 Å². The van der Waals surface area contributed by atoms with Crippen molar-refractivity contribution in [2.24, 2.45) is 5.92 Å². The molecule has 0 aliphatic carbocycles. The molecule has 3 N–H and O–H groups in total. The van der Waals surface area contributed by atoms with Crippen LogP contribution in [0.3, 0.4) is 0 Å². The molecule has 1 aliphatic rings. The Hall–Kier alpha value is -2.15. The summed E-state index contributed by atoms with van der Waals surface area (Å²) in [5, 5.41) is 8.75. The Labute approximate surface area is 148 Å². The fourth-order valence-electron chi connectivity index (χ4n) is 2.95. The van der Waals surface area contributed by atoms with Gasteiger partial charge in [-0.15, -0.1) is 0 Å². The molecular weight excluding hydrogens is 323 g/mol. The SMILES string of the molecule is CCN[C@H](C)CNC(=O)C1CCCN(C(=O)Nc2ccccc2F)C1. The molecular formula is C18H27FN4O2. The quantitative estimate of drug-likeness (QED) is 0.736. The summed E-state index contributed by atoms with van der Waals surface area (Å²) in [5.74, 6) is -0.735. The molecule has 1 fully saturated rings. The van der Waals surface area contributed by atoms with Gasteiger partial charge in [0.15, 0.2) is 0 Å². The van der Waals surface area contributed by atoms with Gasteiger partial charge < -0.3 is 20.9 Å². The molecule has 0 bridgehead atoms. The molecule has 1 aliphatic heterocycles. The first-order valence-electron chi connectivity index (χ1n) is 8.82. The zero-order valence-corrected chi connectivity index (χ0v) is 14.8. The third-order valence-electron chi connectivity index (χ3n) is 4.33. The van der Waals surface area contributed by atoms with Crippen molar-refractivity contribution < 1.29 is 14.0 Å². The van der Waals surface area contributed by atoms with Crippen LogP contribution < -0.4 is 16.0 Å². The Morgan fingerprint density at radius 2 is 2.12 bits per heavy atom. The lowest BCUT2D eigenvalue weighted by atomic mass is 9.97. The maximum absolute atomic E-state index is 13.7. The number of benzene rings is 1. The lowest BCUT2D eigenvalue weighted by Gasteiger charge is -2.32. The smallest absolute Gasteiger partial charge is 0.321 e. The van der Waals surface area contributed by atoms with Crippen LogP contribution in [0.4, 0.5) is 14.9 Å². The number of nitrogens with zero attached hydrogens (tertiary/aromatic N) is 1. The summed E-state index contributed by atoms with van der Waals surface area (Å²) in [7, 11) is 0. The summed E-state index contributed by atoms with van der Waals surface area (Å²) in [4.78, 5) is 26.3. The monoisotopic (exact) mass is 350 g/mol. The van der Waals surface area contributed by atoms with Crippen molar-refractivity contribution in [2.75, 3.05) is 31.5 Å². The van der Waals surface area contributed by atoms with Gasteiger partial charge in [0.25, 0.3) is 0 Å². The van der Waals surface area contributed by atoms with E-state index in [1.807, 2.05) is 13.8 Å². The Morgan fingerprint density at radius 3 is 2.84 bits per heavy atom. The Balaban J connectivity index is 1.86. The standard InChI is InChI=1S/C18H27FN4O2/c1-3-20-13(2)11-21-17(24)14-7-6-10-23(12-14)18(25)22-16-9-5-4-8-15(16)19/h4-5,8-9,13-14,20H,3,6-7,10-12H2,1-2H3,(H,21,24)(H,22,25)/t13-,14?/m1/s1. The molecule has 0 radical (unpaired) electrons. The molecule has 6 nitrogen and oxygen atoms in total. The van der Waals surface area contributed by atoms with Gasteiger partial charge in [0.1, 0.15) is 5.82 Å². The largest absolute Gasteiger partial charge is 0.354 e. The van der Waals surface area contributed by atoms with E-state index in [9.17, 15) is 14.0 Å². The van der Waals surface area contributed by atoms with Crippen molar-refractivity contribution in [1.82, 2.24) is 15.5 Å². The second-order valence-corrected chi connectivity index (χ2v) is 6.40. The van der Waals surface area contributed by atoms with E-state index in [0.29, 0.717) is 19.6 Å². The number of halogens is 1. The molecule has 7 heteroatoms. The number of piperidine rings is 1. The molecule has 2 atom stereocenters. The van der Waals surface area contributed by atoms with Crippen molar-refractivity contribution in [1.29, 1.82) is 0 Å². The second-order valence-electron chi connectivity index (χ2n) is 6.40. The number of likely N-dealkylation sites (tertiary alicyclic amines) is 1. The maximum atomic E-state index is 13.7. The first-order valence-corrected chi connectivity index (χ1v) is 8.82. The highest BCUT2D eigenvalue weighted by molar-refractivity contribution is 5.90. The highest BCUT2D eigenvalue weighted by atomic mass is 19.1. The summed E-state index contributed by atoms with van der Waals surface area (Å²) < 4.78 is 13.7. The number of urea groups is 1. The summed E-state index contributed by atoms with van der Waals surface area (Å²) in [6.45, 7) is 6.36. The molecule has 1 saturated heterocycles. The number of amides is 3. The zero-order valence-electron chi connectivity index (χ0n) is 14.8. The molecule has 25 heavy (non-hydrogen) atoms. The van der Waals surface area contributed by atoms with E-state index in [1.165, 1.54) is 12.1 Å². The Bertz CT molecular complexity index is 596. The van der Waals surface area contributed by atoms with Crippen molar-refractivity contribution in [2.45, 2.75) is 32.7 Å². The van der Waals surface area contributed by atoms with E-state index in [2.05, 4.69) is 16.0 Å². The van der Waals surface area contributed by atoms with Crippen molar-refractivity contribution in [3.63, 3.8) is 0 Å². The van der Waals surface area contributed by atoms with E-state index in [1.54, 1.807) is 17.0 Å². The topological polar surface area (TPSA) is 73.5 Å². The van der Waals surface area contributed by atoms with Crippen LogP contribution in [0.5, 0.6) is 0 Å². The number of hydrogen-bond acceptors (Lipinski definition) is 3. The van der Waals surface area contributed by atoms with Crippen LogP contribution in [0.1, 0.15) is 26.7 Å². The summed E-state index contributed by atoms with van der Waals surface area (Å²) in [6.07, 6.45) is 1.51. The van der Waals surface area contributed by atoms with E-state index < -0.39 is 5.82 Å². The fourth-order valence-corrected chi connectivity index (χ4v) is 2.95. The first-order chi connectivity index (χ1) is 12.0. The lowest BCUT2D eigenvalue weighted by Crippen LogP contribution is -2.48. The van der Waals surface area contributed by atoms with Crippen LogP contribution in [0.25, 0.3) is 0 Å². The van der Waals surface area contributed by atoms with Gasteiger partial charge >= 0.3 is 6.03 Å².